The number of nitrogens with one attached hydrogen (secondary N) is 1. The average Bonchev–Trinajstić information content (AvgIpc) is 2.53. The molecule has 0 heterocycles. The van der Waals surface area contributed by atoms with Gasteiger partial charge in [-0.05, 0) is 36.1 Å². The molecule has 3 heteroatoms. The number of fused-ring (bicyclic) bond motifs is 1. The van der Waals surface area contributed by atoms with E-state index in [2.05, 4.69) is 28.7 Å². The predicted molar refractivity (Wildman–Crippen MR) is 91.2 cm³/mol. The third-order valence-corrected chi connectivity index (χ3v) is 3.65. The van der Waals surface area contributed by atoms with Crippen molar-refractivity contribution in [2.45, 2.75) is 6.92 Å². The minimum absolute atomic E-state index is 0.730. The zero-order valence-corrected chi connectivity index (χ0v) is 12.4. The van der Waals surface area contributed by atoms with E-state index in [0.29, 0.717) is 0 Å². The summed E-state index contributed by atoms with van der Waals surface area (Å²) in [6.45, 7) is 1.97. The molecule has 3 aromatic rings. The molecule has 0 amide bonds. The van der Waals surface area contributed by atoms with E-state index in [1.807, 2.05) is 55.5 Å². The van der Waals surface area contributed by atoms with E-state index in [1.54, 1.807) is 0 Å². The van der Waals surface area contributed by atoms with Crippen LogP contribution in [-0.4, -0.2) is 5.71 Å². The first-order valence-electron chi connectivity index (χ1n) is 6.78. The van der Waals surface area contributed by atoms with Crippen LogP contribution in [0.25, 0.3) is 10.8 Å². The summed E-state index contributed by atoms with van der Waals surface area (Å²) in [7, 11) is 0. The van der Waals surface area contributed by atoms with E-state index >= 15 is 0 Å². The van der Waals surface area contributed by atoms with Gasteiger partial charge in [-0.25, -0.2) is 0 Å². The number of hydrogen-bond donors (Lipinski definition) is 1. The van der Waals surface area contributed by atoms with Crippen molar-refractivity contribution in [1.29, 1.82) is 0 Å². The first kappa shape index (κ1) is 13.7. The summed E-state index contributed by atoms with van der Waals surface area (Å²) >= 11 is 5.90. The second-order valence-electron chi connectivity index (χ2n) is 4.84. The van der Waals surface area contributed by atoms with E-state index in [-0.39, 0.29) is 0 Å². The molecule has 0 aromatic heterocycles. The zero-order chi connectivity index (χ0) is 14.7. The van der Waals surface area contributed by atoms with Gasteiger partial charge in [0.15, 0.2) is 0 Å². The second-order valence-corrected chi connectivity index (χ2v) is 5.28. The molecule has 0 fully saturated rings. The topological polar surface area (TPSA) is 24.4 Å². The Kier molecular flexibility index (Phi) is 3.89. The normalized spacial score (nSPS) is 11.6. The predicted octanol–water partition coefficient (Wildman–Crippen LogP) is 5.33. The quantitative estimate of drug-likeness (QED) is 0.512. The molecule has 0 saturated carbocycles. The van der Waals surface area contributed by atoms with Crippen molar-refractivity contribution in [3.05, 3.63) is 77.3 Å². The maximum absolute atomic E-state index is 5.90. The van der Waals surface area contributed by atoms with Gasteiger partial charge >= 0.3 is 0 Å². The minimum Gasteiger partial charge on any atom is -0.278 e. The number of benzene rings is 3. The van der Waals surface area contributed by atoms with Gasteiger partial charge in [-0.3, -0.25) is 5.43 Å². The molecule has 104 valence electrons. The molecule has 2 nitrogen and oxygen atoms in total. The highest BCUT2D eigenvalue weighted by molar-refractivity contribution is 6.30. The van der Waals surface area contributed by atoms with Crippen molar-refractivity contribution in [3.8, 4) is 0 Å². The van der Waals surface area contributed by atoms with Crippen LogP contribution >= 0.6 is 11.6 Å². The van der Waals surface area contributed by atoms with Crippen molar-refractivity contribution in [1.82, 2.24) is 0 Å². The fourth-order valence-electron chi connectivity index (χ4n) is 2.22. The molecule has 0 spiro atoms. The smallest absolute Gasteiger partial charge is 0.0648 e. The van der Waals surface area contributed by atoms with Gasteiger partial charge in [-0.2, -0.15) is 5.10 Å². The van der Waals surface area contributed by atoms with Crippen molar-refractivity contribution < 1.29 is 0 Å². The van der Waals surface area contributed by atoms with Crippen LogP contribution in [-0.2, 0) is 0 Å². The fraction of sp³-hybridized carbons (Fsp3) is 0.0556. The Morgan fingerprint density at radius 3 is 2.43 bits per heavy atom. The van der Waals surface area contributed by atoms with Crippen LogP contribution < -0.4 is 5.43 Å². The summed E-state index contributed by atoms with van der Waals surface area (Å²) < 4.78 is 0. The highest BCUT2D eigenvalue weighted by Crippen LogP contribution is 2.23. The van der Waals surface area contributed by atoms with Crippen molar-refractivity contribution in [2.24, 2.45) is 5.10 Å². The summed E-state index contributed by atoms with van der Waals surface area (Å²) in [5.74, 6) is 0. The Morgan fingerprint density at radius 2 is 1.62 bits per heavy atom. The number of anilines is 1. The summed E-state index contributed by atoms with van der Waals surface area (Å²) in [5, 5.41) is 7.55. The fourth-order valence-corrected chi connectivity index (χ4v) is 2.35. The maximum atomic E-state index is 5.90. The molecule has 0 bridgehead atoms. The van der Waals surface area contributed by atoms with Crippen LogP contribution in [0.1, 0.15) is 12.5 Å². The van der Waals surface area contributed by atoms with E-state index in [9.17, 15) is 0 Å². The van der Waals surface area contributed by atoms with Crippen molar-refractivity contribution in [2.75, 3.05) is 5.43 Å². The van der Waals surface area contributed by atoms with Crippen LogP contribution in [0.15, 0.2) is 71.8 Å². The third-order valence-electron chi connectivity index (χ3n) is 3.40. The molecule has 0 aliphatic carbocycles. The second kappa shape index (κ2) is 5.98. The van der Waals surface area contributed by atoms with Gasteiger partial charge in [-0.15, -0.1) is 0 Å². The lowest BCUT2D eigenvalue weighted by Gasteiger charge is -2.07. The largest absolute Gasteiger partial charge is 0.278 e. The average molecular weight is 295 g/mol. The van der Waals surface area contributed by atoms with Crippen LogP contribution in [0, 0.1) is 0 Å². The van der Waals surface area contributed by atoms with Gasteiger partial charge in [0.2, 0.25) is 0 Å². The van der Waals surface area contributed by atoms with Gasteiger partial charge in [0.1, 0.15) is 0 Å². The number of hydrazone groups is 1. The highest BCUT2D eigenvalue weighted by atomic mass is 35.5. The lowest BCUT2D eigenvalue weighted by molar-refractivity contribution is 1.33. The number of halogens is 1. The van der Waals surface area contributed by atoms with Crippen molar-refractivity contribution >= 4 is 33.8 Å². The molecule has 21 heavy (non-hydrogen) atoms. The summed E-state index contributed by atoms with van der Waals surface area (Å²) in [6, 6.07) is 22.1. The van der Waals surface area contributed by atoms with Gasteiger partial charge in [0.25, 0.3) is 0 Å². The molecule has 1 N–H and O–H groups in total. The van der Waals surface area contributed by atoms with Crippen LogP contribution in [0.4, 0.5) is 5.69 Å². The van der Waals surface area contributed by atoms with Gasteiger partial charge in [0.05, 0.1) is 11.4 Å². The Hall–Kier alpha value is -2.32. The monoisotopic (exact) mass is 294 g/mol. The van der Waals surface area contributed by atoms with Gasteiger partial charge < -0.3 is 0 Å². The van der Waals surface area contributed by atoms with E-state index in [0.717, 1.165) is 27.4 Å². The van der Waals surface area contributed by atoms with Crippen LogP contribution in [0.5, 0.6) is 0 Å². The third kappa shape index (κ3) is 3.06. The van der Waals surface area contributed by atoms with Crippen molar-refractivity contribution in [3.63, 3.8) is 0 Å². The van der Waals surface area contributed by atoms with E-state index in [1.165, 1.54) is 5.39 Å². The Balaban J connectivity index is 1.88. The molecule has 0 aliphatic rings. The van der Waals surface area contributed by atoms with E-state index in [4.69, 9.17) is 11.6 Å². The maximum Gasteiger partial charge on any atom is 0.0648 e. The molecular formula is C18H15ClN2. The molecule has 3 aromatic carbocycles. The molecule has 0 unspecified atom stereocenters. The molecule has 0 saturated heterocycles. The van der Waals surface area contributed by atoms with E-state index < -0.39 is 0 Å². The number of hydrogen-bond acceptors (Lipinski definition) is 2. The molecule has 0 atom stereocenters. The number of nitrogens with zero attached hydrogens (tertiary/aromatic N) is 1. The lowest BCUT2D eigenvalue weighted by atomic mass is 10.1. The Morgan fingerprint density at radius 1 is 0.905 bits per heavy atom. The lowest BCUT2D eigenvalue weighted by Crippen LogP contribution is -1.99. The first-order chi connectivity index (χ1) is 10.2. The zero-order valence-electron chi connectivity index (χ0n) is 11.7. The SMILES string of the molecule is C/C(=N/Nc1cccc2ccccc12)c1ccc(Cl)cc1. The number of rotatable bonds is 3. The minimum atomic E-state index is 0.730. The first-order valence-corrected chi connectivity index (χ1v) is 7.16. The van der Waals surface area contributed by atoms with Crippen LogP contribution in [0.3, 0.4) is 0 Å². The Bertz CT molecular complexity index is 786. The van der Waals surface area contributed by atoms with Gasteiger partial charge in [-0.1, -0.05) is 60.1 Å². The summed E-state index contributed by atoms with van der Waals surface area (Å²) in [6.07, 6.45) is 0. The summed E-state index contributed by atoms with van der Waals surface area (Å²) in [5.41, 5.74) is 6.12. The molecule has 0 aliphatic heterocycles. The highest BCUT2D eigenvalue weighted by Gasteiger charge is 2.00. The molecule has 3 rings (SSSR count). The Labute approximate surface area is 129 Å². The van der Waals surface area contributed by atoms with Crippen LogP contribution in [0.2, 0.25) is 5.02 Å². The standard InChI is InChI=1S/C18H15ClN2/c1-13(14-9-11-16(19)12-10-14)20-21-18-8-4-6-15-5-2-3-7-17(15)18/h2-12,21H,1H3/b20-13-. The van der Waals surface area contributed by atoms with Gasteiger partial charge in [0, 0.05) is 10.4 Å². The molecular weight excluding hydrogens is 280 g/mol. The summed E-state index contributed by atoms with van der Waals surface area (Å²) in [4.78, 5) is 0. The molecule has 0 radical (unpaired) electrons.